The SMILES string of the molecule is CC(C)(C)OC(=O)NC[C@]1(c2ccc(Cl)cc2)C[C@H]1CO. The lowest BCUT2D eigenvalue weighted by Crippen LogP contribution is -2.37. The van der Waals surface area contributed by atoms with Crippen LogP contribution in [0.4, 0.5) is 4.79 Å². The van der Waals surface area contributed by atoms with Crippen molar-refractivity contribution in [2.24, 2.45) is 5.92 Å². The lowest BCUT2D eigenvalue weighted by atomic mass is 9.93. The lowest BCUT2D eigenvalue weighted by Gasteiger charge is -2.22. The van der Waals surface area contributed by atoms with Crippen LogP contribution in [0.5, 0.6) is 0 Å². The smallest absolute Gasteiger partial charge is 0.407 e. The van der Waals surface area contributed by atoms with Crippen molar-refractivity contribution in [3.05, 3.63) is 34.9 Å². The number of halogens is 1. The average molecular weight is 312 g/mol. The first-order chi connectivity index (χ1) is 9.77. The zero-order valence-electron chi connectivity index (χ0n) is 12.6. The molecule has 0 heterocycles. The fraction of sp³-hybridized carbons (Fsp3) is 0.562. The Bertz CT molecular complexity index is 509. The molecule has 1 saturated carbocycles. The van der Waals surface area contributed by atoms with E-state index in [2.05, 4.69) is 5.32 Å². The van der Waals surface area contributed by atoms with E-state index in [4.69, 9.17) is 16.3 Å². The molecule has 5 heteroatoms. The number of amides is 1. The topological polar surface area (TPSA) is 58.6 Å². The van der Waals surface area contributed by atoms with Crippen molar-refractivity contribution in [2.45, 2.75) is 38.2 Å². The predicted octanol–water partition coefficient (Wildman–Crippen LogP) is 3.11. The van der Waals surface area contributed by atoms with Gasteiger partial charge in [-0.25, -0.2) is 4.79 Å². The van der Waals surface area contributed by atoms with Gasteiger partial charge in [-0.2, -0.15) is 0 Å². The minimum Gasteiger partial charge on any atom is -0.444 e. The fourth-order valence-corrected chi connectivity index (χ4v) is 2.74. The molecule has 0 aromatic heterocycles. The summed E-state index contributed by atoms with van der Waals surface area (Å²) in [5, 5.41) is 12.9. The normalized spacial score (nSPS) is 24.5. The highest BCUT2D eigenvalue weighted by Crippen LogP contribution is 2.53. The molecule has 1 fully saturated rings. The summed E-state index contributed by atoms with van der Waals surface area (Å²) >= 11 is 5.91. The Morgan fingerprint density at radius 2 is 2.05 bits per heavy atom. The number of aliphatic hydroxyl groups excluding tert-OH is 1. The van der Waals surface area contributed by atoms with Gasteiger partial charge in [-0.3, -0.25) is 0 Å². The van der Waals surface area contributed by atoms with Crippen LogP contribution in [0, 0.1) is 5.92 Å². The van der Waals surface area contributed by atoms with Crippen LogP contribution < -0.4 is 5.32 Å². The van der Waals surface area contributed by atoms with E-state index in [1.807, 2.05) is 45.0 Å². The van der Waals surface area contributed by atoms with Crippen molar-refractivity contribution in [1.29, 1.82) is 0 Å². The first-order valence-electron chi connectivity index (χ1n) is 7.10. The van der Waals surface area contributed by atoms with Crippen LogP contribution in [0.25, 0.3) is 0 Å². The summed E-state index contributed by atoms with van der Waals surface area (Å²) in [4.78, 5) is 11.8. The van der Waals surface area contributed by atoms with E-state index in [1.165, 1.54) is 0 Å². The molecule has 0 radical (unpaired) electrons. The number of aliphatic hydroxyl groups is 1. The second-order valence-electron chi connectivity index (χ2n) is 6.60. The van der Waals surface area contributed by atoms with Gasteiger partial charge in [-0.15, -0.1) is 0 Å². The molecule has 0 bridgehead atoms. The van der Waals surface area contributed by atoms with Gasteiger partial charge in [0.1, 0.15) is 5.60 Å². The zero-order chi connectivity index (χ0) is 15.7. The molecule has 21 heavy (non-hydrogen) atoms. The number of alkyl carbamates (subject to hydrolysis) is 1. The van der Waals surface area contributed by atoms with Gasteiger partial charge in [-0.05, 0) is 50.8 Å². The van der Waals surface area contributed by atoms with Gasteiger partial charge in [-0.1, -0.05) is 23.7 Å². The van der Waals surface area contributed by atoms with Crippen LogP contribution in [0.1, 0.15) is 32.8 Å². The molecule has 0 unspecified atom stereocenters. The van der Waals surface area contributed by atoms with Crippen molar-refractivity contribution in [3.63, 3.8) is 0 Å². The van der Waals surface area contributed by atoms with Gasteiger partial charge in [0, 0.05) is 23.6 Å². The minimum absolute atomic E-state index is 0.110. The first-order valence-corrected chi connectivity index (χ1v) is 7.48. The molecule has 1 amide bonds. The fourth-order valence-electron chi connectivity index (χ4n) is 2.62. The molecule has 0 saturated heterocycles. The Labute approximate surface area is 130 Å². The van der Waals surface area contributed by atoms with E-state index < -0.39 is 11.7 Å². The zero-order valence-corrected chi connectivity index (χ0v) is 13.4. The summed E-state index contributed by atoms with van der Waals surface area (Å²) in [6, 6.07) is 7.57. The summed E-state index contributed by atoms with van der Waals surface area (Å²) in [6.07, 6.45) is 0.417. The number of hydrogen-bond donors (Lipinski definition) is 2. The summed E-state index contributed by atoms with van der Waals surface area (Å²) in [6.45, 7) is 6.05. The third-order valence-corrected chi connectivity index (χ3v) is 4.07. The average Bonchev–Trinajstić information content (AvgIpc) is 3.10. The van der Waals surface area contributed by atoms with E-state index in [-0.39, 0.29) is 17.9 Å². The molecule has 0 spiro atoms. The van der Waals surface area contributed by atoms with Crippen molar-refractivity contribution in [2.75, 3.05) is 13.2 Å². The van der Waals surface area contributed by atoms with Gasteiger partial charge in [0.25, 0.3) is 0 Å². The number of carbonyl (C=O) groups excluding carboxylic acids is 1. The van der Waals surface area contributed by atoms with Gasteiger partial charge in [0.15, 0.2) is 0 Å². The number of carbonyl (C=O) groups is 1. The van der Waals surface area contributed by atoms with Gasteiger partial charge >= 0.3 is 6.09 Å². The third-order valence-electron chi connectivity index (χ3n) is 3.82. The molecule has 1 aliphatic carbocycles. The molecule has 2 atom stereocenters. The van der Waals surface area contributed by atoms with Crippen molar-refractivity contribution in [3.8, 4) is 0 Å². The van der Waals surface area contributed by atoms with Crippen molar-refractivity contribution in [1.82, 2.24) is 5.32 Å². The maximum Gasteiger partial charge on any atom is 0.407 e. The molecule has 1 aromatic carbocycles. The molecule has 2 N–H and O–H groups in total. The van der Waals surface area contributed by atoms with Gasteiger partial charge < -0.3 is 15.2 Å². The summed E-state index contributed by atoms with van der Waals surface area (Å²) in [5.41, 5.74) is 0.357. The predicted molar refractivity (Wildman–Crippen MR) is 82.6 cm³/mol. The molecule has 2 rings (SSSR count). The molecular weight excluding hydrogens is 290 g/mol. The van der Waals surface area contributed by atoms with Crippen LogP contribution in [-0.4, -0.2) is 30.0 Å². The Hall–Kier alpha value is -1.26. The molecular formula is C16H22ClNO3. The number of benzene rings is 1. The lowest BCUT2D eigenvalue weighted by molar-refractivity contribution is 0.0520. The number of ether oxygens (including phenoxy) is 1. The van der Waals surface area contributed by atoms with E-state index in [1.54, 1.807) is 0 Å². The van der Waals surface area contributed by atoms with Gasteiger partial charge in [0.2, 0.25) is 0 Å². The first kappa shape index (κ1) is 16.1. The Morgan fingerprint density at radius 1 is 1.43 bits per heavy atom. The van der Waals surface area contributed by atoms with Crippen molar-refractivity contribution >= 4 is 17.7 Å². The summed E-state index contributed by atoms with van der Waals surface area (Å²) < 4.78 is 5.25. The third kappa shape index (κ3) is 3.89. The summed E-state index contributed by atoms with van der Waals surface area (Å²) in [7, 11) is 0. The minimum atomic E-state index is -0.516. The molecule has 1 aliphatic rings. The van der Waals surface area contributed by atoms with Crippen LogP contribution in [-0.2, 0) is 10.2 Å². The second kappa shape index (κ2) is 5.85. The largest absolute Gasteiger partial charge is 0.444 e. The highest BCUT2D eigenvalue weighted by Gasteiger charge is 2.54. The Morgan fingerprint density at radius 3 is 2.52 bits per heavy atom. The maximum atomic E-state index is 11.8. The Kier molecular flexibility index (Phi) is 4.49. The van der Waals surface area contributed by atoms with Crippen LogP contribution in [0.3, 0.4) is 0 Å². The van der Waals surface area contributed by atoms with Crippen LogP contribution in [0.2, 0.25) is 5.02 Å². The second-order valence-corrected chi connectivity index (χ2v) is 7.04. The van der Waals surface area contributed by atoms with E-state index in [9.17, 15) is 9.90 Å². The maximum absolute atomic E-state index is 11.8. The van der Waals surface area contributed by atoms with E-state index in [0.29, 0.717) is 11.6 Å². The standard InChI is InChI=1S/C16H22ClNO3/c1-15(2,3)21-14(20)18-10-16(8-12(16)9-19)11-4-6-13(17)7-5-11/h4-7,12,19H,8-10H2,1-3H3,(H,18,20)/t12-,16-/m0/s1. The van der Waals surface area contributed by atoms with E-state index >= 15 is 0 Å². The monoisotopic (exact) mass is 311 g/mol. The number of hydrogen-bond acceptors (Lipinski definition) is 3. The van der Waals surface area contributed by atoms with Crippen molar-refractivity contribution < 1.29 is 14.6 Å². The number of nitrogens with one attached hydrogen (secondary N) is 1. The molecule has 1 aromatic rings. The quantitative estimate of drug-likeness (QED) is 0.898. The summed E-state index contributed by atoms with van der Waals surface area (Å²) in [5.74, 6) is 0.161. The molecule has 116 valence electrons. The Balaban J connectivity index is 2.04. The van der Waals surface area contributed by atoms with Crippen LogP contribution >= 0.6 is 11.6 Å². The highest BCUT2D eigenvalue weighted by molar-refractivity contribution is 6.30. The van der Waals surface area contributed by atoms with Gasteiger partial charge in [0.05, 0.1) is 0 Å². The van der Waals surface area contributed by atoms with E-state index in [0.717, 1.165) is 12.0 Å². The molecule has 4 nitrogen and oxygen atoms in total. The molecule has 0 aliphatic heterocycles. The highest BCUT2D eigenvalue weighted by atomic mass is 35.5. The van der Waals surface area contributed by atoms with Crippen LogP contribution in [0.15, 0.2) is 24.3 Å². The number of rotatable bonds is 4.